The second-order valence-corrected chi connectivity index (χ2v) is 7.08. The topological polar surface area (TPSA) is 53.1 Å². The van der Waals surface area contributed by atoms with Crippen LogP contribution in [0.15, 0.2) is 24.3 Å². The molecule has 25 heavy (non-hydrogen) atoms. The average Bonchev–Trinajstić information content (AvgIpc) is 3.42. The van der Waals surface area contributed by atoms with Crippen LogP contribution in [0, 0.1) is 5.92 Å². The first-order chi connectivity index (χ1) is 12.0. The number of ether oxygens (including phenoxy) is 1. The van der Waals surface area contributed by atoms with Gasteiger partial charge in [-0.15, -0.1) is 0 Å². The van der Waals surface area contributed by atoms with E-state index in [4.69, 9.17) is 4.74 Å². The third-order valence-electron chi connectivity index (χ3n) is 5.19. The Hall–Kier alpha value is -2.08. The summed E-state index contributed by atoms with van der Waals surface area (Å²) in [7, 11) is 5.21. The van der Waals surface area contributed by atoms with Gasteiger partial charge in [0.15, 0.2) is 0 Å². The molecular formula is C19H27N3O3. The number of carbonyl (C=O) groups excluding carboxylic acids is 2. The highest BCUT2D eigenvalue weighted by Gasteiger charge is 2.47. The highest BCUT2D eigenvalue weighted by atomic mass is 16.5. The van der Waals surface area contributed by atoms with E-state index in [9.17, 15) is 9.59 Å². The van der Waals surface area contributed by atoms with Crippen molar-refractivity contribution in [3.63, 3.8) is 0 Å². The summed E-state index contributed by atoms with van der Waals surface area (Å²) < 4.78 is 5.42. The van der Waals surface area contributed by atoms with Crippen LogP contribution in [0.25, 0.3) is 0 Å². The molecule has 1 saturated carbocycles. The van der Waals surface area contributed by atoms with Crippen LogP contribution in [0.3, 0.4) is 0 Å². The monoisotopic (exact) mass is 345 g/mol. The van der Waals surface area contributed by atoms with Crippen molar-refractivity contribution in [2.24, 2.45) is 5.92 Å². The largest absolute Gasteiger partial charge is 0.496 e. The molecule has 1 aliphatic heterocycles. The van der Waals surface area contributed by atoms with Gasteiger partial charge in [-0.05, 0) is 24.0 Å². The summed E-state index contributed by atoms with van der Waals surface area (Å²) in [4.78, 5) is 30.3. The molecule has 1 heterocycles. The van der Waals surface area contributed by atoms with Crippen molar-refractivity contribution in [3.05, 3.63) is 29.8 Å². The third-order valence-corrected chi connectivity index (χ3v) is 5.19. The molecule has 6 heteroatoms. The molecule has 0 N–H and O–H groups in total. The zero-order chi connectivity index (χ0) is 18.0. The smallest absolute Gasteiger partial charge is 0.236 e. The molecule has 1 aromatic rings. The molecule has 2 unspecified atom stereocenters. The molecule has 0 spiro atoms. The number of methoxy groups -OCH3 is 1. The number of carbonyl (C=O) groups is 2. The van der Waals surface area contributed by atoms with Crippen LogP contribution in [0.4, 0.5) is 0 Å². The van der Waals surface area contributed by atoms with Crippen molar-refractivity contribution >= 4 is 11.8 Å². The van der Waals surface area contributed by atoms with Crippen molar-refractivity contribution in [3.8, 4) is 5.75 Å². The second kappa shape index (κ2) is 7.44. The minimum atomic E-state index is 0.0752. The summed E-state index contributed by atoms with van der Waals surface area (Å²) in [6.07, 6.45) is 0.901. The van der Waals surface area contributed by atoms with Gasteiger partial charge in [0.05, 0.1) is 13.7 Å². The summed E-state index contributed by atoms with van der Waals surface area (Å²) >= 11 is 0. The van der Waals surface area contributed by atoms with E-state index in [2.05, 4.69) is 11.0 Å². The van der Waals surface area contributed by atoms with E-state index in [1.165, 1.54) is 0 Å². The second-order valence-electron chi connectivity index (χ2n) is 7.08. The predicted molar refractivity (Wildman–Crippen MR) is 95.6 cm³/mol. The number of benzene rings is 1. The first-order valence-corrected chi connectivity index (χ1v) is 8.85. The highest BCUT2D eigenvalue weighted by Crippen LogP contribution is 2.51. The number of hydrogen-bond acceptors (Lipinski definition) is 4. The van der Waals surface area contributed by atoms with Crippen molar-refractivity contribution in [2.75, 3.05) is 53.9 Å². The Morgan fingerprint density at radius 3 is 2.48 bits per heavy atom. The van der Waals surface area contributed by atoms with Gasteiger partial charge in [0, 0.05) is 46.2 Å². The normalized spacial score (nSPS) is 23.2. The first kappa shape index (κ1) is 17.7. The standard InChI is InChI=1S/C19H27N3O3/c1-20(2)18(23)13-21-8-10-22(11-9-21)19(24)16-12-15(16)14-6-4-5-7-17(14)25-3/h4-7,15-16H,8-13H2,1-3H3. The maximum absolute atomic E-state index is 12.8. The maximum atomic E-state index is 12.8. The van der Waals surface area contributed by atoms with E-state index in [-0.39, 0.29) is 23.7 Å². The quantitative estimate of drug-likeness (QED) is 0.800. The first-order valence-electron chi connectivity index (χ1n) is 8.85. The number of likely N-dealkylation sites (N-methyl/N-ethyl adjacent to an activating group) is 1. The molecular weight excluding hydrogens is 318 g/mol. The van der Waals surface area contributed by atoms with Gasteiger partial charge in [0.1, 0.15) is 5.75 Å². The van der Waals surface area contributed by atoms with Gasteiger partial charge in [-0.1, -0.05) is 18.2 Å². The number of nitrogens with zero attached hydrogens (tertiary/aromatic N) is 3. The van der Waals surface area contributed by atoms with E-state index in [0.717, 1.165) is 30.8 Å². The molecule has 2 fully saturated rings. The van der Waals surface area contributed by atoms with Crippen LogP contribution in [-0.2, 0) is 9.59 Å². The zero-order valence-corrected chi connectivity index (χ0v) is 15.3. The Kier molecular flexibility index (Phi) is 5.27. The minimum absolute atomic E-state index is 0.0752. The van der Waals surface area contributed by atoms with Crippen molar-refractivity contribution < 1.29 is 14.3 Å². The zero-order valence-electron chi connectivity index (χ0n) is 15.3. The van der Waals surface area contributed by atoms with Gasteiger partial charge in [-0.2, -0.15) is 0 Å². The Labute approximate surface area is 149 Å². The lowest BCUT2D eigenvalue weighted by Crippen LogP contribution is -2.51. The number of rotatable bonds is 5. The van der Waals surface area contributed by atoms with Crippen LogP contribution in [0.5, 0.6) is 5.75 Å². The average molecular weight is 345 g/mol. The van der Waals surface area contributed by atoms with Crippen LogP contribution in [-0.4, -0.2) is 80.4 Å². The van der Waals surface area contributed by atoms with E-state index >= 15 is 0 Å². The summed E-state index contributed by atoms with van der Waals surface area (Å²) in [6, 6.07) is 7.96. The van der Waals surface area contributed by atoms with Crippen LogP contribution < -0.4 is 4.74 Å². The molecule has 0 radical (unpaired) electrons. The van der Waals surface area contributed by atoms with Crippen LogP contribution in [0.2, 0.25) is 0 Å². The van der Waals surface area contributed by atoms with Crippen molar-refractivity contribution in [2.45, 2.75) is 12.3 Å². The van der Waals surface area contributed by atoms with Gasteiger partial charge >= 0.3 is 0 Å². The fourth-order valence-corrected chi connectivity index (χ4v) is 3.48. The molecule has 1 aliphatic carbocycles. The highest BCUT2D eigenvalue weighted by molar-refractivity contribution is 5.83. The summed E-state index contributed by atoms with van der Waals surface area (Å²) in [5.74, 6) is 1.57. The number of hydrogen-bond donors (Lipinski definition) is 0. The van der Waals surface area contributed by atoms with Crippen molar-refractivity contribution in [1.29, 1.82) is 0 Å². The molecule has 2 amide bonds. The molecule has 136 valence electrons. The minimum Gasteiger partial charge on any atom is -0.496 e. The summed E-state index contributed by atoms with van der Waals surface area (Å²) in [5, 5.41) is 0. The number of piperazine rings is 1. The SMILES string of the molecule is COc1ccccc1C1CC1C(=O)N1CCN(CC(=O)N(C)C)CC1. The lowest BCUT2D eigenvalue weighted by molar-refractivity contribution is -0.135. The van der Waals surface area contributed by atoms with E-state index in [1.54, 1.807) is 26.1 Å². The Bertz CT molecular complexity index is 639. The Morgan fingerprint density at radius 2 is 1.84 bits per heavy atom. The molecule has 1 saturated heterocycles. The Balaban J connectivity index is 1.52. The van der Waals surface area contributed by atoms with Gasteiger partial charge in [0.25, 0.3) is 0 Å². The summed E-state index contributed by atoms with van der Waals surface area (Å²) in [6.45, 7) is 3.36. The molecule has 6 nitrogen and oxygen atoms in total. The molecule has 1 aromatic carbocycles. The van der Waals surface area contributed by atoms with E-state index < -0.39 is 0 Å². The lowest BCUT2D eigenvalue weighted by atomic mass is 10.1. The number of para-hydroxylation sites is 1. The van der Waals surface area contributed by atoms with Crippen LogP contribution >= 0.6 is 0 Å². The van der Waals surface area contributed by atoms with Gasteiger partial charge in [-0.25, -0.2) is 0 Å². The molecule has 2 aliphatic rings. The lowest BCUT2D eigenvalue weighted by Gasteiger charge is -2.35. The van der Waals surface area contributed by atoms with E-state index in [1.807, 2.05) is 23.1 Å². The van der Waals surface area contributed by atoms with Gasteiger partial charge < -0.3 is 14.5 Å². The fourth-order valence-electron chi connectivity index (χ4n) is 3.48. The van der Waals surface area contributed by atoms with Crippen molar-refractivity contribution in [1.82, 2.24) is 14.7 Å². The predicted octanol–water partition coefficient (Wildman–Crippen LogP) is 1.03. The summed E-state index contributed by atoms with van der Waals surface area (Å²) in [5.41, 5.74) is 1.14. The fraction of sp³-hybridized carbons (Fsp3) is 0.579. The molecule has 0 bridgehead atoms. The Morgan fingerprint density at radius 1 is 1.16 bits per heavy atom. The van der Waals surface area contributed by atoms with Gasteiger partial charge in [0.2, 0.25) is 11.8 Å². The van der Waals surface area contributed by atoms with E-state index in [0.29, 0.717) is 19.6 Å². The van der Waals surface area contributed by atoms with Gasteiger partial charge in [-0.3, -0.25) is 14.5 Å². The number of amides is 2. The van der Waals surface area contributed by atoms with Crippen LogP contribution in [0.1, 0.15) is 17.9 Å². The maximum Gasteiger partial charge on any atom is 0.236 e. The third kappa shape index (κ3) is 3.95. The molecule has 2 atom stereocenters. The molecule has 3 rings (SSSR count). The molecule has 0 aromatic heterocycles.